The molecule has 1 aliphatic rings. The molecule has 2 aromatic carbocycles. The molecule has 3 rings (SSSR count). The lowest BCUT2D eigenvalue weighted by atomic mass is 10.1. The molecule has 0 saturated carbocycles. The van der Waals surface area contributed by atoms with Crippen LogP contribution < -0.4 is 9.47 Å². The van der Waals surface area contributed by atoms with Gasteiger partial charge in [-0.15, -0.1) is 0 Å². The number of likely N-dealkylation sites (N-methyl/N-ethyl adjacent to an activating group) is 1. The number of ether oxygens (including phenoxy) is 2. The van der Waals surface area contributed by atoms with E-state index in [0.29, 0.717) is 28.9 Å². The minimum absolute atomic E-state index is 0.0177. The van der Waals surface area contributed by atoms with Crippen molar-refractivity contribution in [3.63, 3.8) is 0 Å². The highest BCUT2D eigenvalue weighted by Crippen LogP contribution is 2.31. The zero-order valence-corrected chi connectivity index (χ0v) is 14.7. The number of halogens is 2. The third-order valence-corrected chi connectivity index (χ3v) is 4.55. The number of carbonyl (C=O) groups is 1. The van der Waals surface area contributed by atoms with Crippen molar-refractivity contribution in [3.8, 4) is 11.5 Å². The topological polar surface area (TPSA) is 38.8 Å². The van der Waals surface area contributed by atoms with Crippen LogP contribution in [0.4, 0.5) is 0 Å². The number of rotatable bonds is 4. The van der Waals surface area contributed by atoms with Crippen molar-refractivity contribution >= 4 is 29.1 Å². The van der Waals surface area contributed by atoms with E-state index in [-0.39, 0.29) is 18.4 Å². The highest BCUT2D eigenvalue weighted by molar-refractivity contribution is 6.42. The fraction of sp³-hybridized carbons (Fsp3) is 0.278. The molecule has 4 nitrogen and oxygen atoms in total. The van der Waals surface area contributed by atoms with E-state index in [1.807, 2.05) is 24.3 Å². The van der Waals surface area contributed by atoms with Crippen LogP contribution in [-0.4, -0.2) is 37.1 Å². The third-order valence-electron chi connectivity index (χ3n) is 3.81. The van der Waals surface area contributed by atoms with Gasteiger partial charge in [0, 0.05) is 7.05 Å². The molecule has 126 valence electrons. The largest absolute Gasteiger partial charge is 0.486 e. The summed E-state index contributed by atoms with van der Waals surface area (Å²) in [5, 5.41) is 0.929. The Labute approximate surface area is 150 Å². The number of benzene rings is 2. The van der Waals surface area contributed by atoms with Crippen LogP contribution in [0.2, 0.25) is 10.0 Å². The lowest BCUT2D eigenvalue weighted by molar-refractivity contribution is -0.130. The van der Waals surface area contributed by atoms with Gasteiger partial charge in [0.25, 0.3) is 0 Å². The minimum atomic E-state index is -0.192. The van der Waals surface area contributed by atoms with Crippen LogP contribution in [-0.2, 0) is 11.2 Å². The van der Waals surface area contributed by atoms with Crippen molar-refractivity contribution in [2.75, 3.05) is 20.2 Å². The highest BCUT2D eigenvalue weighted by Gasteiger charge is 2.23. The van der Waals surface area contributed by atoms with E-state index < -0.39 is 0 Å². The molecule has 1 aliphatic heterocycles. The van der Waals surface area contributed by atoms with E-state index in [1.165, 1.54) is 0 Å². The average Bonchev–Trinajstić information content (AvgIpc) is 2.58. The quantitative estimate of drug-likeness (QED) is 0.826. The van der Waals surface area contributed by atoms with Gasteiger partial charge in [-0.3, -0.25) is 4.79 Å². The number of para-hydroxylation sites is 2. The maximum Gasteiger partial charge on any atom is 0.226 e. The summed E-state index contributed by atoms with van der Waals surface area (Å²) in [6, 6.07) is 12.7. The van der Waals surface area contributed by atoms with Crippen LogP contribution in [0.15, 0.2) is 42.5 Å². The predicted molar refractivity (Wildman–Crippen MR) is 94.2 cm³/mol. The summed E-state index contributed by atoms with van der Waals surface area (Å²) in [5.41, 5.74) is 0.826. The Morgan fingerprint density at radius 2 is 1.92 bits per heavy atom. The molecule has 0 fully saturated rings. The van der Waals surface area contributed by atoms with E-state index in [4.69, 9.17) is 32.7 Å². The van der Waals surface area contributed by atoms with Crippen LogP contribution in [0.1, 0.15) is 5.56 Å². The SMILES string of the molecule is CN(CC1COc2ccccc2O1)C(=O)Cc1ccc(Cl)c(Cl)c1. The Bertz CT molecular complexity index is 751. The maximum absolute atomic E-state index is 12.4. The van der Waals surface area contributed by atoms with Crippen molar-refractivity contribution in [2.45, 2.75) is 12.5 Å². The molecular weight excluding hydrogens is 349 g/mol. The first-order valence-electron chi connectivity index (χ1n) is 7.59. The summed E-state index contributed by atoms with van der Waals surface area (Å²) in [7, 11) is 1.75. The Hall–Kier alpha value is -1.91. The first kappa shape index (κ1) is 16.9. The van der Waals surface area contributed by atoms with Crippen LogP contribution in [0.3, 0.4) is 0 Å². The van der Waals surface area contributed by atoms with Crippen molar-refractivity contribution in [3.05, 3.63) is 58.1 Å². The standard InChI is InChI=1S/C18H17Cl2NO3/c1-21(18(22)9-12-6-7-14(19)15(20)8-12)10-13-11-23-16-4-2-3-5-17(16)24-13/h2-8,13H,9-11H2,1H3. The lowest BCUT2D eigenvalue weighted by Crippen LogP contribution is -2.42. The lowest BCUT2D eigenvalue weighted by Gasteiger charge is -2.29. The molecule has 0 aliphatic carbocycles. The Balaban J connectivity index is 1.57. The molecule has 0 aromatic heterocycles. The molecule has 1 heterocycles. The summed E-state index contributed by atoms with van der Waals surface area (Å²) in [4.78, 5) is 14.0. The number of nitrogens with zero attached hydrogens (tertiary/aromatic N) is 1. The molecule has 0 spiro atoms. The fourth-order valence-corrected chi connectivity index (χ4v) is 2.84. The zero-order valence-electron chi connectivity index (χ0n) is 13.2. The van der Waals surface area contributed by atoms with Crippen molar-refractivity contribution < 1.29 is 14.3 Å². The molecule has 1 unspecified atom stereocenters. The summed E-state index contributed by atoms with van der Waals surface area (Å²) < 4.78 is 11.5. The Morgan fingerprint density at radius 1 is 1.17 bits per heavy atom. The molecule has 0 radical (unpaired) electrons. The van der Waals surface area contributed by atoms with Gasteiger partial charge < -0.3 is 14.4 Å². The van der Waals surface area contributed by atoms with E-state index >= 15 is 0 Å². The minimum Gasteiger partial charge on any atom is -0.486 e. The first-order valence-corrected chi connectivity index (χ1v) is 8.35. The summed E-state index contributed by atoms with van der Waals surface area (Å²) in [6.07, 6.45) is 0.0695. The van der Waals surface area contributed by atoms with Gasteiger partial charge in [-0.1, -0.05) is 41.4 Å². The number of hydrogen-bond acceptors (Lipinski definition) is 3. The fourth-order valence-electron chi connectivity index (χ4n) is 2.52. The predicted octanol–water partition coefficient (Wildman–Crippen LogP) is 3.83. The van der Waals surface area contributed by atoms with Crippen LogP contribution in [0.5, 0.6) is 11.5 Å². The Kier molecular flexibility index (Phi) is 5.17. The molecule has 1 amide bonds. The monoisotopic (exact) mass is 365 g/mol. The Morgan fingerprint density at radius 3 is 2.67 bits per heavy atom. The zero-order chi connectivity index (χ0) is 17.1. The van der Waals surface area contributed by atoms with E-state index in [0.717, 1.165) is 11.3 Å². The molecule has 0 N–H and O–H groups in total. The van der Waals surface area contributed by atoms with Crippen LogP contribution >= 0.6 is 23.2 Å². The second-order valence-corrected chi connectivity index (χ2v) is 6.51. The smallest absolute Gasteiger partial charge is 0.226 e. The van der Waals surface area contributed by atoms with Gasteiger partial charge in [-0.2, -0.15) is 0 Å². The molecule has 1 atom stereocenters. The molecule has 24 heavy (non-hydrogen) atoms. The normalized spacial score (nSPS) is 15.9. The van der Waals surface area contributed by atoms with Crippen LogP contribution in [0, 0.1) is 0 Å². The van der Waals surface area contributed by atoms with Gasteiger partial charge in [0.2, 0.25) is 5.91 Å². The van der Waals surface area contributed by atoms with Crippen molar-refractivity contribution in [1.29, 1.82) is 0 Å². The van der Waals surface area contributed by atoms with E-state index in [9.17, 15) is 4.79 Å². The number of fused-ring (bicyclic) bond motifs is 1. The van der Waals surface area contributed by atoms with Crippen molar-refractivity contribution in [2.24, 2.45) is 0 Å². The van der Waals surface area contributed by atoms with Crippen LogP contribution in [0.25, 0.3) is 0 Å². The average molecular weight is 366 g/mol. The number of hydrogen-bond donors (Lipinski definition) is 0. The van der Waals surface area contributed by atoms with Gasteiger partial charge in [0.1, 0.15) is 6.61 Å². The van der Waals surface area contributed by atoms with Gasteiger partial charge >= 0.3 is 0 Å². The third kappa shape index (κ3) is 3.94. The summed E-state index contributed by atoms with van der Waals surface area (Å²) >= 11 is 11.9. The molecular formula is C18H17Cl2NO3. The summed E-state index contributed by atoms with van der Waals surface area (Å²) in [5.74, 6) is 1.42. The second-order valence-electron chi connectivity index (χ2n) is 5.70. The summed E-state index contributed by atoms with van der Waals surface area (Å²) in [6.45, 7) is 0.871. The van der Waals surface area contributed by atoms with Gasteiger partial charge in [0.05, 0.1) is 23.0 Å². The highest BCUT2D eigenvalue weighted by atomic mass is 35.5. The first-order chi connectivity index (χ1) is 11.5. The van der Waals surface area contributed by atoms with E-state index in [1.54, 1.807) is 30.1 Å². The molecule has 0 saturated heterocycles. The van der Waals surface area contributed by atoms with Gasteiger partial charge in [0.15, 0.2) is 17.6 Å². The number of amides is 1. The second kappa shape index (κ2) is 7.32. The molecule has 0 bridgehead atoms. The maximum atomic E-state index is 12.4. The van der Waals surface area contributed by atoms with Crippen molar-refractivity contribution in [1.82, 2.24) is 4.90 Å². The van der Waals surface area contributed by atoms with Gasteiger partial charge in [-0.25, -0.2) is 0 Å². The number of carbonyl (C=O) groups excluding carboxylic acids is 1. The molecule has 2 aromatic rings. The van der Waals surface area contributed by atoms with E-state index in [2.05, 4.69) is 0 Å². The van der Waals surface area contributed by atoms with Gasteiger partial charge in [-0.05, 0) is 29.8 Å². The molecule has 6 heteroatoms.